The van der Waals surface area contributed by atoms with Crippen LogP contribution in [0.5, 0.6) is 0 Å². The van der Waals surface area contributed by atoms with Gasteiger partial charge in [0.15, 0.2) is 0 Å². The predicted molar refractivity (Wildman–Crippen MR) is 60.9 cm³/mol. The van der Waals surface area contributed by atoms with E-state index < -0.39 is 23.3 Å². The van der Waals surface area contributed by atoms with Crippen LogP contribution in [0.3, 0.4) is 0 Å². The van der Waals surface area contributed by atoms with Crippen molar-refractivity contribution >= 4 is 5.69 Å². The van der Waals surface area contributed by atoms with Gasteiger partial charge in [0.2, 0.25) is 0 Å². The van der Waals surface area contributed by atoms with Gasteiger partial charge in [-0.15, -0.1) is 0 Å². The molecule has 0 aliphatic carbocycles. The third-order valence-corrected chi connectivity index (χ3v) is 2.21. The summed E-state index contributed by atoms with van der Waals surface area (Å²) in [6, 6.07) is 5.66. The molecule has 0 aliphatic rings. The van der Waals surface area contributed by atoms with Crippen LogP contribution in [0.1, 0.15) is 5.56 Å². The van der Waals surface area contributed by atoms with Crippen molar-refractivity contribution in [3.8, 4) is 0 Å². The molecule has 0 aliphatic heterocycles. The van der Waals surface area contributed by atoms with Crippen LogP contribution >= 0.6 is 0 Å². The van der Waals surface area contributed by atoms with Gasteiger partial charge < -0.3 is 0 Å². The number of hydrogen-bond acceptors (Lipinski definition) is 2. The zero-order chi connectivity index (χ0) is 13.8. The Morgan fingerprint density at radius 3 is 1.68 bits per heavy atom. The molecule has 6 heteroatoms. The van der Waals surface area contributed by atoms with Gasteiger partial charge in [-0.1, -0.05) is 0 Å². The molecule has 0 N–H and O–H groups in total. The van der Waals surface area contributed by atoms with Gasteiger partial charge >= 0.3 is 0 Å². The number of rotatable bonds is 3. The van der Waals surface area contributed by atoms with Crippen LogP contribution in [0.25, 0.3) is 0 Å². The van der Waals surface area contributed by atoms with Crippen molar-refractivity contribution in [1.82, 2.24) is 0 Å². The van der Waals surface area contributed by atoms with E-state index in [1.807, 2.05) is 0 Å². The van der Waals surface area contributed by atoms with E-state index >= 15 is 0 Å². The molecule has 0 spiro atoms. The molecule has 0 saturated carbocycles. The van der Waals surface area contributed by atoms with E-state index in [0.717, 1.165) is 30.3 Å². The normalized spacial score (nSPS) is 11.2. The van der Waals surface area contributed by atoms with E-state index in [-0.39, 0.29) is 17.8 Å². The summed E-state index contributed by atoms with van der Waals surface area (Å²) in [5.74, 6) is -2.99. The van der Waals surface area contributed by atoms with Crippen LogP contribution < -0.4 is 0 Å². The molecule has 2 rings (SSSR count). The molecular weight excluding hydrogens is 260 g/mol. The third-order valence-electron chi connectivity index (χ3n) is 2.21. The van der Waals surface area contributed by atoms with Crippen molar-refractivity contribution < 1.29 is 17.6 Å². The fraction of sp³-hybridized carbons (Fsp3) is 0.0769. The summed E-state index contributed by atoms with van der Waals surface area (Å²) >= 11 is 0. The Bertz CT molecular complexity index is 586. The highest BCUT2D eigenvalue weighted by Gasteiger charge is 2.01. The summed E-state index contributed by atoms with van der Waals surface area (Å²) in [6.45, 7) is -0.0905. The SMILES string of the molecule is Fc1cc(F)cc(CN=Nc2cc(F)cc(F)c2)c1. The van der Waals surface area contributed by atoms with Crippen molar-refractivity contribution in [3.05, 3.63) is 65.2 Å². The summed E-state index contributed by atoms with van der Waals surface area (Å²) in [4.78, 5) is 0. The quantitative estimate of drug-likeness (QED) is 0.577. The van der Waals surface area contributed by atoms with Crippen LogP contribution in [-0.4, -0.2) is 0 Å². The number of halogens is 4. The smallest absolute Gasteiger partial charge is 0.128 e. The molecule has 0 saturated heterocycles. The molecule has 0 aromatic heterocycles. The second-order valence-corrected chi connectivity index (χ2v) is 3.80. The Morgan fingerprint density at radius 2 is 1.16 bits per heavy atom. The van der Waals surface area contributed by atoms with Crippen molar-refractivity contribution in [2.75, 3.05) is 0 Å². The molecule has 2 aromatic rings. The zero-order valence-electron chi connectivity index (χ0n) is 9.58. The number of hydrogen-bond donors (Lipinski definition) is 0. The Labute approximate surface area is 106 Å². The second-order valence-electron chi connectivity index (χ2n) is 3.80. The molecule has 98 valence electrons. The average Bonchev–Trinajstić information content (AvgIpc) is 2.26. The maximum Gasteiger partial charge on any atom is 0.128 e. The number of benzene rings is 2. The van der Waals surface area contributed by atoms with Crippen LogP contribution in [0.4, 0.5) is 23.2 Å². The number of nitrogens with zero attached hydrogens (tertiary/aromatic N) is 2. The minimum Gasteiger partial charge on any atom is -0.207 e. The maximum absolute atomic E-state index is 12.9. The molecule has 0 unspecified atom stereocenters. The second kappa shape index (κ2) is 5.60. The first-order valence-corrected chi connectivity index (χ1v) is 5.31. The summed E-state index contributed by atoms with van der Waals surface area (Å²) in [6.07, 6.45) is 0. The lowest BCUT2D eigenvalue weighted by molar-refractivity contribution is 0.579. The molecule has 0 fully saturated rings. The van der Waals surface area contributed by atoms with Gasteiger partial charge in [-0.3, -0.25) is 0 Å². The van der Waals surface area contributed by atoms with Gasteiger partial charge in [-0.2, -0.15) is 10.2 Å². The van der Waals surface area contributed by atoms with Crippen molar-refractivity contribution in [1.29, 1.82) is 0 Å². The maximum atomic E-state index is 12.9. The zero-order valence-corrected chi connectivity index (χ0v) is 9.58. The lowest BCUT2D eigenvalue weighted by atomic mass is 10.2. The molecule has 0 radical (unpaired) electrons. The first kappa shape index (κ1) is 13.2. The molecule has 0 heterocycles. The first-order chi connectivity index (χ1) is 9.02. The minimum atomic E-state index is -0.772. The minimum absolute atomic E-state index is 0.00521. The van der Waals surface area contributed by atoms with E-state index in [1.54, 1.807) is 0 Å². The molecular formula is C13H8F4N2. The third kappa shape index (κ3) is 3.87. The largest absolute Gasteiger partial charge is 0.207 e. The lowest BCUT2D eigenvalue weighted by Gasteiger charge is -1.98. The lowest BCUT2D eigenvalue weighted by Crippen LogP contribution is -1.86. The Morgan fingerprint density at radius 1 is 0.684 bits per heavy atom. The van der Waals surface area contributed by atoms with Crippen LogP contribution in [0, 0.1) is 23.3 Å². The van der Waals surface area contributed by atoms with E-state index in [2.05, 4.69) is 10.2 Å². The van der Waals surface area contributed by atoms with E-state index in [1.165, 1.54) is 0 Å². The summed E-state index contributed by atoms with van der Waals surface area (Å²) in [5, 5.41) is 7.22. The highest BCUT2D eigenvalue weighted by atomic mass is 19.1. The van der Waals surface area contributed by atoms with E-state index in [9.17, 15) is 17.6 Å². The Hall–Kier alpha value is -2.24. The van der Waals surface area contributed by atoms with Crippen molar-refractivity contribution in [2.45, 2.75) is 6.54 Å². The highest BCUT2D eigenvalue weighted by Crippen LogP contribution is 2.17. The van der Waals surface area contributed by atoms with Gasteiger partial charge in [0.1, 0.15) is 23.3 Å². The van der Waals surface area contributed by atoms with Crippen LogP contribution in [0.2, 0.25) is 0 Å². The average molecular weight is 268 g/mol. The van der Waals surface area contributed by atoms with Gasteiger partial charge in [0, 0.05) is 24.3 Å². The topological polar surface area (TPSA) is 24.7 Å². The molecule has 0 amide bonds. The number of azo groups is 1. The molecule has 0 bridgehead atoms. The van der Waals surface area contributed by atoms with Crippen molar-refractivity contribution in [3.63, 3.8) is 0 Å². The molecule has 2 aromatic carbocycles. The fourth-order valence-corrected chi connectivity index (χ4v) is 1.50. The summed E-state index contributed by atoms with van der Waals surface area (Å²) in [7, 11) is 0. The Kier molecular flexibility index (Phi) is 3.89. The van der Waals surface area contributed by atoms with Crippen molar-refractivity contribution in [2.24, 2.45) is 10.2 Å². The van der Waals surface area contributed by atoms with Gasteiger partial charge in [0.25, 0.3) is 0 Å². The van der Waals surface area contributed by atoms with Gasteiger partial charge in [-0.05, 0) is 17.7 Å². The monoisotopic (exact) mass is 268 g/mol. The molecule has 19 heavy (non-hydrogen) atoms. The van der Waals surface area contributed by atoms with E-state index in [4.69, 9.17) is 0 Å². The predicted octanol–water partition coefficient (Wildman–Crippen LogP) is 4.53. The molecule has 2 nitrogen and oxygen atoms in total. The Balaban J connectivity index is 2.11. The molecule has 0 atom stereocenters. The standard InChI is InChI=1S/C13H8F4N2/c14-9-1-8(2-10(15)3-9)7-18-19-13-5-11(16)4-12(17)6-13/h1-6H,7H2. The summed E-state index contributed by atoms with van der Waals surface area (Å²) < 4.78 is 51.4. The van der Waals surface area contributed by atoms with E-state index in [0.29, 0.717) is 6.07 Å². The van der Waals surface area contributed by atoms with Gasteiger partial charge in [0.05, 0.1) is 12.2 Å². The van der Waals surface area contributed by atoms with Crippen LogP contribution in [-0.2, 0) is 6.54 Å². The first-order valence-electron chi connectivity index (χ1n) is 5.31. The van der Waals surface area contributed by atoms with Crippen LogP contribution in [0.15, 0.2) is 46.6 Å². The highest BCUT2D eigenvalue weighted by molar-refractivity contribution is 5.36. The fourth-order valence-electron chi connectivity index (χ4n) is 1.50. The summed E-state index contributed by atoms with van der Waals surface area (Å²) in [5.41, 5.74) is 0.271. The van der Waals surface area contributed by atoms with Gasteiger partial charge in [-0.25, -0.2) is 17.6 Å².